The maximum Gasteiger partial charge on any atom is 0.316 e. The van der Waals surface area contributed by atoms with Gasteiger partial charge in [0.1, 0.15) is 17.0 Å². The molecule has 0 aliphatic carbocycles. The maximum atomic E-state index is 14.1. The summed E-state index contributed by atoms with van der Waals surface area (Å²) < 4.78 is 49.2. The van der Waals surface area contributed by atoms with Crippen LogP contribution in [-0.4, -0.2) is 93.2 Å². The number of aromatic nitrogens is 9. The number of aryl methyl sites for hydroxylation is 3. The number of methoxy groups -OCH3 is 2. The van der Waals surface area contributed by atoms with Crippen molar-refractivity contribution in [1.29, 1.82) is 0 Å². The molecule has 6 aromatic carbocycles. The Morgan fingerprint density at radius 1 is 0.837 bits per heavy atom. The Morgan fingerprint density at radius 2 is 1.55 bits per heavy atom. The number of fused-ring (bicyclic) bond motifs is 2. The molecule has 4 aromatic heterocycles. The van der Waals surface area contributed by atoms with Gasteiger partial charge in [-0.25, -0.2) is 9.67 Å². The minimum absolute atomic E-state index is 0.0511. The van der Waals surface area contributed by atoms with E-state index in [1.807, 2.05) is 126 Å². The summed E-state index contributed by atoms with van der Waals surface area (Å²) in [5.41, 5.74) is 6.79. The fourth-order valence-electron chi connectivity index (χ4n) is 10.5. The van der Waals surface area contributed by atoms with Gasteiger partial charge in [-0.3, -0.25) is 28.9 Å². The molecule has 0 radical (unpaired) electrons. The topological polar surface area (TPSA) is 249 Å². The number of hydrogen-bond acceptors (Lipinski definition) is 15. The zero-order chi connectivity index (χ0) is 65.4. The van der Waals surface area contributed by atoms with Crippen LogP contribution in [0.2, 0.25) is 15.1 Å². The van der Waals surface area contributed by atoms with Gasteiger partial charge in [0.25, 0.3) is 11.8 Å². The van der Waals surface area contributed by atoms with E-state index in [4.69, 9.17) is 68.0 Å². The summed E-state index contributed by atoms with van der Waals surface area (Å²) >= 11 is 17.1. The first-order chi connectivity index (χ1) is 44.3. The third kappa shape index (κ3) is 14.6. The van der Waals surface area contributed by atoms with Crippen LogP contribution in [0.4, 0.5) is 11.4 Å². The molecule has 2 amide bonds. The number of anilines is 2. The number of halogens is 3. The van der Waals surface area contributed by atoms with Crippen molar-refractivity contribution in [3.05, 3.63) is 177 Å². The van der Waals surface area contributed by atoms with Gasteiger partial charge in [-0.05, 0) is 135 Å². The molecule has 1 aliphatic rings. The predicted octanol–water partition coefficient (Wildman–Crippen LogP) is 14.1. The molecule has 0 bridgehead atoms. The van der Waals surface area contributed by atoms with Crippen LogP contribution in [-0.2, 0) is 30.4 Å². The Bertz CT molecular complexity index is 4320. The summed E-state index contributed by atoms with van der Waals surface area (Å²) in [4.78, 5) is 46.1. The number of H-pyrrole nitrogens is 1. The van der Waals surface area contributed by atoms with E-state index in [2.05, 4.69) is 42.6 Å². The Hall–Kier alpha value is -9.29. The van der Waals surface area contributed by atoms with Gasteiger partial charge < -0.3 is 28.4 Å². The van der Waals surface area contributed by atoms with E-state index in [9.17, 15) is 18.6 Å². The summed E-state index contributed by atoms with van der Waals surface area (Å²) in [5, 5.41) is 30.0. The van der Waals surface area contributed by atoms with Gasteiger partial charge in [-0.2, -0.15) is 14.3 Å². The number of carbonyl (C=O) groups is 3. The second-order valence-electron chi connectivity index (χ2n) is 22.4. The molecular formula is C66H68Cl3N13O9S. The van der Waals surface area contributed by atoms with E-state index in [-0.39, 0.29) is 51.7 Å². The Morgan fingerprint density at radius 3 is 2.25 bits per heavy atom. The third-order valence-electron chi connectivity index (χ3n) is 15.7. The zero-order valence-corrected chi connectivity index (χ0v) is 55.0. The lowest BCUT2D eigenvalue weighted by Gasteiger charge is -2.32. The van der Waals surface area contributed by atoms with Crippen LogP contribution in [0.1, 0.15) is 94.0 Å². The van der Waals surface area contributed by atoms with Crippen molar-refractivity contribution in [3.63, 3.8) is 0 Å². The largest absolute Gasteiger partial charge is 0.493 e. The quantitative estimate of drug-likeness (QED) is 0.0398. The number of aromatic amines is 1. The van der Waals surface area contributed by atoms with Crippen LogP contribution in [0, 0.1) is 32.1 Å². The molecule has 22 nitrogen and oxygen atoms in total. The highest BCUT2D eigenvalue weighted by Gasteiger charge is 2.45. The van der Waals surface area contributed by atoms with Gasteiger partial charge in [-0.1, -0.05) is 141 Å². The van der Waals surface area contributed by atoms with E-state index < -0.39 is 34.5 Å². The van der Waals surface area contributed by atoms with Crippen LogP contribution in [0.5, 0.6) is 28.9 Å². The summed E-state index contributed by atoms with van der Waals surface area (Å²) in [6.45, 7) is 14.0. The molecule has 3 N–H and O–H groups in total. The molecule has 26 heteroatoms. The number of nitrogens with zero attached hydrogens (tertiary/aromatic N) is 10. The number of amidine groups is 1. The number of hydrazone groups is 1. The number of ether oxygens (including phenoxy) is 4. The second-order valence-corrected chi connectivity index (χ2v) is 24.5. The number of nitrogens with one attached hydrogen (secondary N) is 3. The molecule has 5 atom stereocenters. The van der Waals surface area contributed by atoms with Crippen molar-refractivity contribution in [2.24, 2.45) is 16.4 Å². The number of esters is 1. The monoisotopic (exact) mass is 1320 g/mol. The molecule has 92 heavy (non-hydrogen) atoms. The predicted molar refractivity (Wildman–Crippen MR) is 356 cm³/mol. The van der Waals surface area contributed by atoms with Crippen LogP contribution in [0.15, 0.2) is 145 Å². The smallest absolute Gasteiger partial charge is 0.316 e. The highest BCUT2D eigenvalue weighted by atomic mass is 35.5. The lowest BCUT2D eigenvalue weighted by Crippen LogP contribution is -2.46. The number of hydrogen-bond donors (Lipinski definition) is 3. The van der Waals surface area contributed by atoms with E-state index in [0.717, 1.165) is 45.6 Å². The Labute approximate surface area is 548 Å². The van der Waals surface area contributed by atoms with Gasteiger partial charge in [0.05, 0.1) is 48.0 Å². The molecule has 1 aliphatic heterocycles. The number of unbranched alkanes of at least 4 members (excludes halogenated alkanes) is 1. The van der Waals surface area contributed by atoms with Gasteiger partial charge in [-0.15, -0.1) is 19.9 Å². The second kappa shape index (κ2) is 28.9. The minimum Gasteiger partial charge on any atom is -0.493 e. The van der Waals surface area contributed by atoms with Crippen molar-refractivity contribution in [2.75, 3.05) is 30.6 Å². The number of benzene rings is 6. The molecule has 0 spiro atoms. The SMILES string of the molecule is CCCCOC(=O)C(CC(C)c1ccccc1)CC(C)(CC)C(=O)NC1=NN(c2c(Cl)cc(Cl)cc2Cl)C(=O)C1n1cccn1.COc1cccc(OC)c1Oc1nn2[nH]c(-c3cccc(NS(=O)Oc4cc(C)ccc4C)c3)nc2c1-n1nnc2cc(C)ccc21. The van der Waals surface area contributed by atoms with Crippen LogP contribution >= 0.6 is 34.8 Å². The molecule has 5 unspecified atom stereocenters. The summed E-state index contributed by atoms with van der Waals surface area (Å²) in [5.74, 6) is 0.852. The average molecular weight is 1330 g/mol. The van der Waals surface area contributed by atoms with Crippen LogP contribution in [0.25, 0.3) is 33.8 Å². The normalized spacial score (nSPS) is 14.6. The number of para-hydroxylation sites is 1. The first kappa shape index (κ1) is 65.7. The third-order valence-corrected chi connectivity index (χ3v) is 17.2. The molecule has 478 valence electrons. The first-order valence-electron chi connectivity index (χ1n) is 29.6. The van der Waals surface area contributed by atoms with Crippen molar-refractivity contribution in [1.82, 2.24) is 49.9 Å². The Balaban J connectivity index is 0.000000202. The van der Waals surface area contributed by atoms with Crippen molar-refractivity contribution in [3.8, 4) is 46.0 Å². The van der Waals surface area contributed by atoms with Crippen LogP contribution in [0.3, 0.4) is 0 Å². The van der Waals surface area contributed by atoms with E-state index in [1.165, 1.54) is 27.6 Å². The standard InChI is InChI=1S/C33H38Cl3N5O4.C33H30N8O5S/c1-5-7-16-45-31(43)23(17-21(3)22-12-9-8-10-13-22)20-33(4,6-2)32(44)38-29-28(40-15-11-14-37-40)30(42)41(39-29)27-25(35)18-24(34)19-26(27)36;1-19-13-15-25-24(16-19)35-39-40(25)29-32-34-31(36-41(32)37-33(29)45-30-26(43-4)10-7-11-27(30)44-5)22-8-6-9-23(18-22)38-47(42)46-28-17-20(2)12-14-21(28)3/h8-15,18-19,21,23,28H,5-7,16-17,20H2,1-4H3,(H,38,39,44);6-18,38H,1-5H3,(H,34,36). The first-order valence-corrected chi connectivity index (χ1v) is 31.8. The van der Waals surface area contributed by atoms with Gasteiger partial charge >= 0.3 is 17.2 Å². The number of rotatable bonds is 23. The fraction of sp³-hybridized carbons (Fsp3) is 0.288. The molecule has 5 heterocycles. The molecule has 10 aromatic rings. The van der Waals surface area contributed by atoms with E-state index in [0.29, 0.717) is 81.4 Å². The number of carbonyl (C=O) groups excluding carboxylic acids is 3. The number of amides is 2. The lowest BCUT2D eigenvalue weighted by atomic mass is 9.75. The lowest BCUT2D eigenvalue weighted by molar-refractivity contribution is -0.151. The van der Waals surface area contributed by atoms with E-state index in [1.54, 1.807) is 55.4 Å². The Kier molecular flexibility index (Phi) is 20.6. The highest BCUT2D eigenvalue weighted by molar-refractivity contribution is 7.82. The summed E-state index contributed by atoms with van der Waals surface area (Å²) in [7, 11) is 3.10. The van der Waals surface area contributed by atoms with Gasteiger partial charge in [0, 0.05) is 28.4 Å². The van der Waals surface area contributed by atoms with Crippen LogP contribution < -0.4 is 33.4 Å². The molecule has 0 fully saturated rings. The summed E-state index contributed by atoms with van der Waals surface area (Å²) in [6.07, 6.45) is 5.96. The molecular weight excluding hydrogens is 1260 g/mol. The van der Waals surface area contributed by atoms with Gasteiger partial charge in [0.15, 0.2) is 34.9 Å². The van der Waals surface area contributed by atoms with Crippen molar-refractivity contribution in [2.45, 2.75) is 92.5 Å². The highest BCUT2D eigenvalue weighted by Crippen LogP contribution is 2.44. The van der Waals surface area contributed by atoms with Gasteiger partial charge in [0.2, 0.25) is 17.3 Å². The van der Waals surface area contributed by atoms with E-state index >= 15 is 0 Å². The molecule has 0 saturated carbocycles. The maximum absolute atomic E-state index is 14.1. The minimum atomic E-state index is -1.83. The average Bonchev–Trinajstić information content (AvgIpc) is 1.60. The van der Waals surface area contributed by atoms with Crippen molar-refractivity contribution < 1.29 is 41.7 Å². The zero-order valence-electron chi connectivity index (χ0n) is 51.9. The van der Waals surface area contributed by atoms with Crippen molar-refractivity contribution >= 4 is 97.7 Å². The fourth-order valence-corrected chi connectivity index (χ4v) is 12.2. The molecule has 11 rings (SSSR count). The molecule has 0 saturated heterocycles. The summed E-state index contributed by atoms with van der Waals surface area (Å²) in [6, 6.07) is 37.7.